The number of amides is 1. The third-order valence-corrected chi connectivity index (χ3v) is 5.00. The van der Waals surface area contributed by atoms with E-state index in [1.807, 2.05) is 56.1 Å². The largest absolute Gasteiger partial charge is 0.357 e. The summed E-state index contributed by atoms with van der Waals surface area (Å²) in [5.74, 6) is 0.831. The van der Waals surface area contributed by atoms with E-state index in [0.717, 1.165) is 41.7 Å². The van der Waals surface area contributed by atoms with Gasteiger partial charge in [0.2, 0.25) is 0 Å². The summed E-state index contributed by atoms with van der Waals surface area (Å²) in [6.45, 7) is 11.5. The van der Waals surface area contributed by atoms with Gasteiger partial charge in [-0.05, 0) is 45.4 Å². The zero-order valence-corrected chi connectivity index (χ0v) is 20.1. The highest BCUT2D eigenvalue weighted by atomic mass is 127. The van der Waals surface area contributed by atoms with E-state index in [1.165, 1.54) is 4.88 Å². The molecule has 2 rings (SSSR count). The highest BCUT2D eigenvalue weighted by Crippen LogP contribution is 2.11. The molecule has 1 amide bonds. The lowest BCUT2D eigenvalue weighted by Crippen LogP contribution is -2.36. The number of thiazole rings is 1. The van der Waals surface area contributed by atoms with Gasteiger partial charge >= 0.3 is 0 Å². The molecule has 2 aromatic rings. The van der Waals surface area contributed by atoms with Crippen LogP contribution in [-0.2, 0) is 13.1 Å². The first-order chi connectivity index (χ1) is 13.1. The number of nitrogens with one attached hydrogen (secondary N) is 2. The molecule has 154 valence electrons. The Labute approximate surface area is 188 Å². The Morgan fingerprint density at radius 1 is 1.14 bits per heavy atom. The average Bonchev–Trinajstić information content (AvgIpc) is 3.10. The van der Waals surface area contributed by atoms with Gasteiger partial charge < -0.3 is 15.5 Å². The number of carbonyl (C=O) groups is 1. The van der Waals surface area contributed by atoms with Crippen LogP contribution in [0.4, 0.5) is 0 Å². The van der Waals surface area contributed by atoms with Crippen LogP contribution in [0.15, 0.2) is 35.5 Å². The molecular weight excluding hydrogens is 485 g/mol. The molecule has 0 radical (unpaired) electrons. The molecule has 0 aliphatic rings. The molecule has 0 unspecified atom stereocenters. The van der Waals surface area contributed by atoms with Crippen molar-refractivity contribution < 1.29 is 4.79 Å². The first-order valence-electron chi connectivity index (χ1n) is 9.39. The summed E-state index contributed by atoms with van der Waals surface area (Å²) in [6.07, 6.45) is 1.88. The number of rotatable bonds is 8. The third kappa shape index (κ3) is 7.38. The lowest BCUT2D eigenvalue weighted by atomic mass is 10.1. The molecule has 0 fully saturated rings. The predicted molar refractivity (Wildman–Crippen MR) is 128 cm³/mol. The first-order valence-corrected chi connectivity index (χ1v) is 10.2. The SMILES string of the molecule is CCNC(=NCc1ccc(C(=O)N(CC)CC)cc1)NCc1ncc(C)s1.I. The second kappa shape index (κ2) is 12.7. The molecule has 0 saturated heterocycles. The van der Waals surface area contributed by atoms with Gasteiger partial charge in [-0.1, -0.05) is 12.1 Å². The summed E-state index contributed by atoms with van der Waals surface area (Å²) in [6, 6.07) is 7.69. The van der Waals surface area contributed by atoms with Gasteiger partial charge in [-0.2, -0.15) is 0 Å². The van der Waals surface area contributed by atoms with Gasteiger partial charge in [-0.25, -0.2) is 9.98 Å². The summed E-state index contributed by atoms with van der Waals surface area (Å²) in [7, 11) is 0. The van der Waals surface area contributed by atoms with E-state index in [9.17, 15) is 4.79 Å². The lowest BCUT2D eigenvalue weighted by Gasteiger charge is -2.18. The van der Waals surface area contributed by atoms with Gasteiger partial charge in [0.25, 0.3) is 5.91 Å². The van der Waals surface area contributed by atoms with E-state index in [1.54, 1.807) is 11.3 Å². The van der Waals surface area contributed by atoms with E-state index < -0.39 is 0 Å². The van der Waals surface area contributed by atoms with Crippen LogP contribution in [-0.4, -0.2) is 41.4 Å². The molecule has 2 N–H and O–H groups in total. The van der Waals surface area contributed by atoms with Crippen molar-refractivity contribution in [2.24, 2.45) is 4.99 Å². The summed E-state index contributed by atoms with van der Waals surface area (Å²) < 4.78 is 0. The minimum atomic E-state index is 0. The van der Waals surface area contributed by atoms with Gasteiger partial charge in [0.1, 0.15) is 5.01 Å². The Kier molecular flexibility index (Phi) is 11.1. The zero-order chi connectivity index (χ0) is 19.6. The van der Waals surface area contributed by atoms with E-state index in [0.29, 0.717) is 13.1 Å². The molecule has 0 aliphatic carbocycles. The number of halogens is 1. The Morgan fingerprint density at radius 2 is 1.82 bits per heavy atom. The Balaban J connectivity index is 0.00000392. The predicted octanol–water partition coefficient (Wildman–Crippen LogP) is 3.81. The molecule has 8 heteroatoms. The molecule has 0 spiro atoms. The molecular formula is C20H30IN5OS. The van der Waals surface area contributed by atoms with Crippen LogP contribution < -0.4 is 10.6 Å². The maximum atomic E-state index is 12.4. The molecule has 1 aromatic carbocycles. The second-order valence-electron chi connectivity index (χ2n) is 6.09. The molecule has 0 bridgehead atoms. The maximum absolute atomic E-state index is 12.4. The van der Waals surface area contributed by atoms with Crippen molar-refractivity contribution in [3.8, 4) is 0 Å². The quantitative estimate of drug-likeness (QED) is 0.319. The normalized spacial score (nSPS) is 10.9. The summed E-state index contributed by atoms with van der Waals surface area (Å²) in [5.41, 5.74) is 1.78. The molecule has 1 heterocycles. The molecule has 0 atom stereocenters. The Hall–Kier alpha value is -1.68. The fraction of sp³-hybridized carbons (Fsp3) is 0.450. The minimum absolute atomic E-state index is 0. The van der Waals surface area contributed by atoms with Crippen molar-refractivity contribution in [3.05, 3.63) is 51.5 Å². The maximum Gasteiger partial charge on any atom is 0.253 e. The number of benzene rings is 1. The zero-order valence-electron chi connectivity index (χ0n) is 17.0. The Morgan fingerprint density at radius 3 is 2.36 bits per heavy atom. The smallest absolute Gasteiger partial charge is 0.253 e. The fourth-order valence-electron chi connectivity index (χ4n) is 2.60. The second-order valence-corrected chi connectivity index (χ2v) is 7.41. The number of carbonyl (C=O) groups excluding carboxylic acids is 1. The summed E-state index contributed by atoms with van der Waals surface area (Å²) in [4.78, 5) is 24.4. The van der Waals surface area contributed by atoms with Crippen molar-refractivity contribution in [2.45, 2.75) is 40.8 Å². The highest BCUT2D eigenvalue weighted by Gasteiger charge is 2.11. The average molecular weight is 515 g/mol. The van der Waals surface area contributed by atoms with Crippen LogP contribution in [0.1, 0.15) is 46.6 Å². The molecule has 28 heavy (non-hydrogen) atoms. The number of hydrogen-bond donors (Lipinski definition) is 2. The van der Waals surface area contributed by atoms with Crippen LogP contribution >= 0.6 is 35.3 Å². The van der Waals surface area contributed by atoms with Crippen LogP contribution in [0, 0.1) is 6.92 Å². The number of aromatic nitrogens is 1. The number of guanidine groups is 1. The van der Waals surface area contributed by atoms with Crippen LogP contribution in [0.25, 0.3) is 0 Å². The number of aliphatic imine (C=N–C) groups is 1. The number of nitrogens with zero attached hydrogens (tertiary/aromatic N) is 3. The standard InChI is InChI=1S/C20H29N5OS.HI/c1-5-21-20(24-14-18-22-12-15(4)27-18)23-13-16-8-10-17(11-9-16)19(26)25(6-2)7-3;/h8-12H,5-7,13-14H2,1-4H3,(H2,21,23,24);1H. The van der Waals surface area contributed by atoms with E-state index in [2.05, 4.69) is 27.5 Å². The lowest BCUT2D eigenvalue weighted by molar-refractivity contribution is 0.0773. The Bertz CT molecular complexity index is 756. The topological polar surface area (TPSA) is 69.6 Å². The monoisotopic (exact) mass is 515 g/mol. The van der Waals surface area contributed by atoms with Gasteiger partial charge in [0.15, 0.2) is 5.96 Å². The van der Waals surface area contributed by atoms with Crippen LogP contribution in [0.5, 0.6) is 0 Å². The van der Waals surface area contributed by atoms with Gasteiger partial charge in [0, 0.05) is 36.3 Å². The van der Waals surface area contributed by atoms with Crippen LogP contribution in [0.2, 0.25) is 0 Å². The van der Waals surface area contributed by atoms with Crippen molar-refractivity contribution >= 4 is 47.2 Å². The molecule has 1 aromatic heterocycles. The minimum Gasteiger partial charge on any atom is -0.357 e. The summed E-state index contributed by atoms with van der Waals surface area (Å²) in [5, 5.41) is 7.59. The van der Waals surface area contributed by atoms with Crippen molar-refractivity contribution in [2.75, 3.05) is 19.6 Å². The van der Waals surface area contributed by atoms with Crippen molar-refractivity contribution in [1.82, 2.24) is 20.5 Å². The van der Waals surface area contributed by atoms with Crippen LogP contribution in [0.3, 0.4) is 0 Å². The number of aryl methyl sites for hydroxylation is 1. The van der Waals surface area contributed by atoms with E-state index >= 15 is 0 Å². The van der Waals surface area contributed by atoms with Gasteiger partial charge in [-0.15, -0.1) is 35.3 Å². The van der Waals surface area contributed by atoms with Crippen molar-refractivity contribution in [1.29, 1.82) is 0 Å². The highest BCUT2D eigenvalue weighted by molar-refractivity contribution is 14.0. The third-order valence-electron chi connectivity index (χ3n) is 4.09. The molecule has 6 nitrogen and oxygen atoms in total. The first kappa shape index (κ1) is 24.4. The molecule has 0 aliphatic heterocycles. The van der Waals surface area contributed by atoms with Crippen molar-refractivity contribution in [3.63, 3.8) is 0 Å². The van der Waals surface area contributed by atoms with E-state index in [4.69, 9.17) is 0 Å². The molecule has 0 saturated carbocycles. The van der Waals surface area contributed by atoms with Gasteiger partial charge in [0.05, 0.1) is 13.1 Å². The number of hydrogen-bond acceptors (Lipinski definition) is 4. The summed E-state index contributed by atoms with van der Waals surface area (Å²) >= 11 is 1.68. The fourth-order valence-corrected chi connectivity index (χ4v) is 3.33. The van der Waals surface area contributed by atoms with Gasteiger partial charge in [-0.3, -0.25) is 4.79 Å². The van der Waals surface area contributed by atoms with E-state index in [-0.39, 0.29) is 29.9 Å².